The van der Waals surface area contributed by atoms with Gasteiger partial charge in [0, 0.05) is 6.04 Å². The zero-order valence-electron chi connectivity index (χ0n) is 15.2. The maximum absolute atomic E-state index is 12.1. The van der Waals surface area contributed by atoms with E-state index in [2.05, 4.69) is 12.2 Å². The normalized spacial score (nSPS) is 19.8. The molecule has 2 unspecified atom stereocenters. The number of nitrogens with one attached hydrogen (secondary N) is 1. The number of ether oxygens (including phenoxy) is 3. The van der Waals surface area contributed by atoms with E-state index in [0.29, 0.717) is 29.6 Å². The van der Waals surface area contributed by atoms with Crippen LogP contribution in [0.4, 0.5) is 0 Å². The van der Waals surface area contributed by atoms with Gasteiger partial charge in [0.25, 0.3) is 5.91 Å². The van der Waals surface area contributed by atoms with Gasteiger partial charge in [0.05, 0.1) is 19.3 Å². The summed E-state index contributed by atoms with van der Waals surface area (Å²) in [5.41, 5.74) is 0.319. The third-order valence-corrected chi connectivity index (χ3v) is 4.49. The molecule has 1 fully saturated rings. The van der Waals surface area contributed by atoms with E-state index < -0.39 is 5.97 Å². The fourth-order valence-electron chi connectivity index (χ4n) is 3.06. The monoisotopic (exact) mass is 349 g/mol. The molecule has 25 heavy (non-hydrogen) atoms. The summed E-state index contributed by atoms with van der Waals surface area (Å²) in [6, 6.07) is 4.97. The van der Waals surface area contributed by atoms with E-state index in [1.807, 2.05) is 6.92 Å². The smallest absolute Gasteiger partial charge is 0.338 e. The standard InChI is InChI=1S/C19H27NO5/c1-4-24-16-10-9-14(11-17(16)23-3)19(22)25-12-18(21)20-15-8-6-5-7-13(15)2/h9-11,13,15H,4-8,12H2,1-3H3,(H,20,21). The molecule has 0 saturated heterocycles. The molecule has 0 spiro atoms. The Kier molecular flexibility index (Phi) is 7.10. The first-order valence-corrected chi connectivity index (χ1v) is 8.82. The molecule has 0 heterocycles. The van der Waals surface area contributed by atoms with E-state index in [1.54, 1.807) is 18.2 Å². The van der Waals surface area contributed by atoms with Crippen molar-refractivity contribution < 1.29 is 23.8 Å². The molecule has 0 radical (unpaired) electrons. The molecule has 0 aliphatic heterocycles. The molecule has 1 aliphatic carbocycles. The molecule has 1 aliphatic rings. The van der Waals surface area contributed by atoms with Gasteiger partial charge >= 0.3 is 5.97 Å². The van der Waals surface area contributed by atoms with Gasteiger partial charge in [0.2, 0.25) is 0 Å². The second-order valence-electron chi connectivity index (χ2n) is 6.31. The predicted molar refractivity (Wildman–Crippen MR) is 94.0 cm³/mol. The Labute approximate surface area is 148 Å². The van der Waals surface area contributed by atoms with E-state index in [9.17, 15) is 9.59 Å². The average Bonchev–Trinajstić information content (AvgIpc) is 2.62. The lowest BCUT2D eigenvalue weighted by Gasteiger charge is -2.29. The van der Waals surface area contributed by atoms with E-state index in [-0.39, 0.29) is 18.6 Å². The summed E-state index contributed by atoms with van der Waals surface area (Å²) in [6.07, 6.45) is 4.44. The molecule has 1 saturated carbocycles. The van der Waals surface area contributed by atoms with Crippen LogP contribution in [0.1, 0.15) is 49.9 Å². The van der Waals surface area contributed by atoms with Gasteiger partial charge < -0.3 is 19.5 Å². The summed E-state index contributed by atoms with van der Waals surface area (Å²) in [5, 5.41) is 2.96. The van der Waals surface area contributed by atoms with Crippen LogP contribution >= 0.6 is 0 Å². The van der Waals surface area contributed by atoms with Crippen molar-refractivity contribution in [1.29, 1.82) is 0 Å². The fraction of sp³-hybridized carbons (Fsp3) is 0.579. The van der Waals surface area contributed by atoms with Crippen LogP contribution in [0.2, 0.25) is 0 Å². The summed E-state index contributed by atoms with van der Waals surface area (Å²) >= 11 is 0. The van der Waals surface area contributed by atoms with Crippen LogP contribution < -0.4 is 14.8 Å². The van der Waals surface area contributed by atoms with Crippen molar-refractivity contribution in [3.63, 3.8) is 0 Å². The molecule has 1 aromatic rings. The molecule has 6 heteroatoms. The Balaban J connectivity index is 1.88. The minimum absolute atomic E-state index is 0.172. The van der Waals surface area contributed by atoms with Gasteiger partial charge in [-0.15, -0.1) is 0 Å². The molecule has 1 N–H and O–H groups in total. The number of hydrogen-bond donors (Lipinski definition) is 1. The topological polar surface area (TPSA) is 73.9 Å². The van der Waals surface area contributed by atoms with Gasteiger partial charge in [-0.3, -0.25) is 4.79 Å². The Morgan fingerprint density at radius 3 is 2.64 bits per heavy atom. The highest BCUT2D eigenvalue weighted by Gasteiger charge is 2.23. The summed E-state index contributed by atoms with van der Waals surface area (Å²) in [4.78, 5) is 24.2. The fourth-order valence-corrected chi connectivity index (χ4v) is 3.06. The molecule has 1 amide bonds. The predicted octanol–water partition coefficient (Wildman–Crippen LogP) is 2.95. The average molecular weight is 349 g/mol. The first kappa shape index (κ1) is 19.1. The molecule has 1 aromatic carbocycles. The number of carbonyl (C=O) groups is 2. The minimum Gasteiger partial charge on any atom is -0.493 e. The Morgan fingerprint density at radius 1 is 1.20 bits per heavy atom. The van der Waals surface area contributed by atoms with Gasteiger partial charge in [-0.1, -0.05) is 19.8 Å². The zero-order chi connectivity index (χ0) is 18.2. The Morgan fingerprint density at radius 2 is 1.96 bits per heavy atom. The lowest BCUT2D eigenvalue weighted by molar-refractivity contribution is -0.125. The molecule has 0 aromatic heterocycles. The van der Waals surface area contributed by atoms with Crippen molar-refractivity contribution in [2.45, 2.75) is 45.6 Å². The molecule has 0 bridgehead atoms. The quantitative estimate of drug-likeness (QED) is 0.766. The lowest BCUT2D eigenvalue weighted by Crippen LogP contribution is -2.42. The van der Waals surface area contributed by atoms with Crippen LogP contribution in [0.25, 0.3) is 0 Å². The molecule has 6 nitrogen and oxygen atoms in total. The van der Waals surface area contributed by atoms with Gasteiger partial charge in [0.1, 0.15) is 0 Å². The SMILES string of the molecule is CCOc1ccc(C(=O)OCC(=O)NC2CCCCC2C)cc1OC. The van der Waals surface area contributed by atoms with Crippen LogP contribution in [0.3, 0.4) is 0 Å². The van der Waals surface area contributed by atoms with Crippen molar-refractivity contribution in [3.05, 3.63) is 23.8 Å². The molecule has 2 atom stereocenters. The van der Waals surface area contributed by atoms with Crippen molar-refractivity contribution in [2.24, 2.45) is 5.92 Å². The van der Waals surface area contributed by atoms with E-state index >= 15 is 0 Å². The Bertz CT molecular complexity index is 601. The second kappa shape index (κ2) is 9.30. The molecule has 138 valence electrons. The summed E-state index contributed by atoms with van der Waals surface area (Å²) < 4.78 is 15.7. The summed E-state index contributed by atoms with van der Waals surface area (Å²) in [7, 11) is 1.51. The third-order valence-electron chi connectivity index (χ3n) is 4.49. The van der Waals surface area contributed by atoms with Crippen molar-refractivity contribution in [1.82, 2.24) is 5.32 Å². The van der Waals surface area contributed by atoms with Crippen LogP contribution in [0.5, 0.6) is 11.5 Å². The molecular weight excluding hydrogens is 322 g/mol. The molecular formula is C19H27NO5. The zero-order valence-corrected chi connectivity index (χ0v) is 15.2. The summed E-state index contributed by atoms with van der Waals surface area (Å²) in [6.45, 7) is 4.23. The Hall–Kier alpha value is -2.24. The van der Waals surface area contributed by atoms with Crippen molar-refractivity contribution in [3.8, 4) is 11.5 Å². The second-order valence-corrected chi connectivity index (χ2v) is 6.31. The van der Waals surface area contributed by atoms with E-state index in [4.69, 9.17) is 14.2 Å². The number of hydrogen-bond acceptors (Lipinski definition) is 5. The molecule has 2 rings (SSSR count). The van der Waals surface area contributed by atoms with Gasteiger partial charge in [0.15, 0.2) is 18.1 Å². The highest BCUT2D eigenvalue weighted by molar-refractivity contribution is 5.92. The van der Waals surface area contributed by atoms with Crippen LogP contribution in [-0.2, 0) is 9.53 Å². The third kappa shape index (κ3) is 5.37. The van der Waals surface area contributed by atoms with E-state index in [1.165, 1.54) is 13.5 Å². The van der Waals surface area contributed by atoms with Crippen molar-refractivity contribution >= 4 is 11.9 Å². The lowest BCUT2D eigenvalue weighted by atomic mass is 9.86. The first-order valence-electron chi connectivity index (χ1n) is 8.82. The van der Waals surface area contributed by atoms with Gasteiger partial charge in [-0.05, 0) is 43.9 Å². The van der Waals surface area contributed by atoms with Crippen LogP contribution in [-0.4, -0.2) is 38.2 Å². The number of amides is 1. The highest BCUT2D eigenvalue weighted by atomic mass is 16.5. The maximum atomic E-state index is 12.1. The number of esters is 1. The van der Waals surface area contributed by atoms with Gasteiger partial charge in [-0.25, -0.2) is 4.79 Å². The maximum Gasteiger partial charge on any atom is 0.338 e. The number of benzene rings is 1. The largest absolute Gasteiger partial charge is 0.493 e. The minimum atomic E-state index is -0.562. The van der Waals surface area contributed by atoms with Crippen molar-refractivity contribution in [2.75, 3.05) is 20.3 Å². The summed E-state index contributed by atoms with van der Waals surface area (Å²) in [5.74, 6) is 0.657. The van der Waals surface area contributed by atoms with E-state index in [0.717, 1.165) is 19.3 Å². The van der Waals surface area contributed by atoms with Crippen LogP contribution in [0.15, 0.2) is 18.2 Å². The van der Waals surface area contributed by atoms with Gasteiger partial charge in [-0.2, -0.15) is 0 Å². The number of rotatable bonds is 7. The number of carbonyl (C=O) groups excluding carboxylic acids is 2. The first-order chi connectivity index (χ1) is 12.0. The number of methoxy groups -OCH3 is 1. The highest BCUT2D eigenvalue weighted by Crippen LogP contribution is 2.28. The van der Waals surface area contributed by atoms with Crippen LogP contribution in [0, 0.1) is 5.92 Å².